The zero-order valence-electron chi connectivity index (χ0n) is 11.0. The highest BCUT2D eigenvalue weighted by Gasteiger charge is 2.22. The summed E-state index contributed by atoms with van der Waals surface area (Å²) in [6, 6.07) is 6.27. The van der Waals surface area contributed by atoms with E-state index in [4.69, 9.17) is 22.1 Å². The van der Waals surface area contributed by atoms with Gasteiger partial charge < -0.3 is 10.5 Å². The minimum absolute atomic E-state index is 0.0933. The highest BCUT2D eigenvalue weighted by atomic mass is 79.9. The third kappa shape index (κ3) is 3.93. The van der Waals surface area contributed by atoms with Gasteiger partial charge >= 0.3 is 0 Å². The summed E-state index contributed by atoms with van der Waals surface area (Å²) in [4.78, 5) is 2.19. The van der Waals surface area contributed by atoms with Crippen LogP contribution in [0.1, 0.15) is 18.5 Å². The van der Waals surface area contributed by atoms with E-state index in [9.17, 15) is 0 Å². The SMILES string of the molecule is COCC(C)N(C)C(CN)c1ccc(Br)cc1Cl. The predicted octanol–water partition coefficient (Wildman–Crippen LogP) is 3.07. The first-order valence-electron chi connectivity index (χ1n) is 5.87. The number of nitrogens with zero attached hydrogens (tertiary/aromatic N) is 1. The van der Waals surface area contributed by atoms with E-state index in [0.717, 1.165) is 15.1 Å². The minimum atomic E-state index is 0.0933. The molecule has 3 nitrogen and oxygen atoms in total. The van der Waals surface area contributed by atoms with E-state index in [-0.39, 0.29) is 12.1 Å². The molecular weight excluding hydrogens is 316 g/mol. The van der Waals surface area contributed by atoms with Crippen LogP contribution in [0.3, 0.4) is 0 Å². The maximum Gasteiger partial charge on any atom is 0.0615 e. The Hall–Kier alpha value is -0.130. The van der Waals surface area contributed by atoms with Crippen molar-refractivity contribution < 1.29 is 4.74 Å². The Morgan fingerprint density at radius 2 is 2.17 bits per heavy atom. The standard InChI is InChI=1S/C13H20BrClN2O/c1-9(8-18-3)17(2)13(7-16)11-5-4-10(14)6-12(11)15/h4-6,9,13H,7-8,16H2,1-3H3. The molecule has 1 aromatic carbocycles. The van der Waals surface area contributed by atoms with E-state index in [1.807, 2.05) is 25.2 Å². The topological polar surface area (TPSA) is 38.5 Å². The van der Waals surface area contributed by atoms with Crippen molar-refractivity contribution in [3.8, 4) is 0 Å². The molecule has 1 rings (SSSR count). The van der Waals surface area contributed by atoms with E-state index in [1.165, 1.54) is 0 Å². The zero-order valence-corrected chi connectivity index (χ0v) is 13.3. The van der Waals surface area contributed by atoms with Crippen molar-refractivity contribution in [1.82, 2.24) is 4.90 Å². The molecule has 0 aliphatic rings. The summed E-state index contributed by atoms with van der Waals surface area (Å²) in [6.45, 7) is 3.30. The van der Waals surface area contributed by atoms with Gasteiger partial charge in [-0.25, -0.2) is 0 Å². The van der Waals surface area contributed by atoms with Crippen LogP contribution >= 0.6 is 27.5 Å². The highest BCUT2D eigenvalue weighted by Crippen LogP contribution is 2.29. The average Bonchev–Trinajstić information content (AvgIpc) is 2.32. The maximum absolute atomic E-state index is 6.29. The summed E-state index contributed by atoms with van der Waals surface area (Å²) in [7, 11) is 3.74. The third-order valence-electron chi connectivity index (χ3n) is 3.14. The molecule has 2 N–H and O–H groups in total. The molecule has 5 heteroatoms. The third-order valence-corrected chi connectivity index (χ3v) is 3.96. The Morgan fingerprint density at radius 1 is 1.50 bits per heavy atom. The number of hydrogen-bond acceptors (Lipinski definition) is 3. The smallest absolute Gasteiger partial charge is 0.0615 e. The van der Waals surface area contributed by atoms with Crippen LogP contribution in [0.2, 0.25) is 5.02 Å². The summed E-state index contributed by atoms with van der Waals surface area (Å²) in [5.74, 6) is 0. The lowest BCUT2D eigenvalue weighted by Gasteiger charge is -2.32. The fourth-order valence-corrected chi connectivity index (χ4v) is 2.75. The van der Waals surface area contributed by atoms with Crippen molar-refractivity contribution in [2.75, 3.05) is 27.3 Å². The lowest BCUT2D eigenvalue weighted by molar-refractivity contribution is 0.0911. The number of nitrogens with two attached hydrogens (primary N) is 1. The molecular formula is C13H20BrClN2O. The quantitative estimate of drug-likeness (QED) is 0.868. The second-order valence-electron chi connectivity index (χ2n) is 4.39. The van der Waals surface area contributed by atoms with Crippen LogP contribution in [0, 0.1) is 0 Å². The lowest BCUT2D eigenvalue weighted by atomic mass is 10.0. The molecule has 0 amide bonds. The van der Waals surface area contributed by atoms with Crippen molar-refractivity contribution in [1.29, 1.82) is 0 Å². The van der Waals surface area contributed by atoms with Gasteiger partial charge in [-0.3, -0.25) is 4.90 Å². The van der Waals surface area contributed by atoms with Crippen LogP contribution in [0.15, 0.2) is 22.7 Å². The van der Waals surface area contributed by atoms with Crippen LogP contribution in [-0.4, -0.2) is 38.3 Å². The minimum Gasteiger partial charge on any atom is -0.383 e. The molecule has 0 fully saturated rings. The average molecular weight is 336 g/mol. The van der Waals surface area contributed by atoms with Crippen LogP contribution in [-0.2, 0) is 4.74 Å². The lowest BCUT2D eigenvalue weighted by Crippen LogP contribution is -2.39. The highest BCUT2D eigenvalue weighted by molar-refractivity contribution is 9.10. The molecule has 2 atom stereocenters. The fraction of sp³-hybridized carbons (Fsp3) is 0.538. The summed E-state index contributed by atoms with van der Waals surface area (Å²) >= 11 is 9.69. The Labute approximate surface area is 122 Å². The molecule has 1 aromatic rings. The van der Waals surface area contributed by atoms with Gasteiger partial charge in [0.25, 0.3) is 0 Å². The molecule has 0 heterocycles. The van der Waals surface area contributed by atoms with Gasteiger partial charge in [0.05, 0.1) is 6.61 Å². The van der Waals surface area contributed by atoms with E-state index < -0.39 is 0 Å². The van der Waals surface area contributed by atoms with Crippen molar-refractivity contribution in [2.24, 2.45) is 5.73 Å². The number of benzene rings is 1. The zero-order chi connectivity index (χ0) is 13.7. The molecule has 0 saturated heterocycles. The number of hydrogen-bond donors (Lipinski definition) is 1. The molecule has 0 spiro atoms. The molecule has 0 aliphatic heterocycles. The summed E-state index contributed by atoms with van der Waals surface area (Å²) in [5.41, 5.74) is 6.94. The molecule has 0 bridgehead atoms. The largest absolute Gasteiger partial charge is 0.383 e. The first-order valence-corrected chi connectivity index (χ1v) is 7.04. The van der Waals surface area contributed by atoms with Gasteiger partial charge in [-0.15, -0.1) is 0 Å². The predicted molar refractivity (Wildman–Crippen MR) is 80.0 cm³/mol. The normalized spacial score (nSPS) is 14.8. The Kier molecular flexibility index (Phi) is 6.60. The monoisotopic (exact) mass is 334 g/mol. The molecule has 0 radical (unpaired) electrons. The van der Waals surface area contributed by atoms with Crippen molar-refractivity contribution >= 4 is 27.5 Å². The summed E-state index contributed by atoms with van der Waals surface area (Å²) in [6.07, 6.45) is 0. The van der Waals surface area contributed by atoms with Crippen LogP contribution < -0.4 is 5.73 Å². The Morgan fingerprint density at radius 3 is 2.67 bits per heavy atom. The molecule has 0 aliphatic carbocycles. The van der Waals surface area contributed by atoms with Gasteiger partial charge in [-0.2, -0.15) is 0 Å². The number of likely N-dealkylation sites (N-methyl/N-ethyl adjacent to an activating group) is 1. The Bertz CT molecular complexity index is 389. The van der Waals surface area contributed by atoms with Crippen LogP contribution in [0.4, 0.5) is 0 Å². The number of methoxy groups -OCH3 is 1. The number of ether oxygens (including phenoxy) is 1. The number of halogens is 2. The first-order chi connectivity index (χ1) is 8.51. The van der Waals surface area contributed by atoms with Crippen LogP contribution in [0.25, 0.3) is 0 Å². The maximum atomic E-state index is 6.29. The van der Waals surface area contributed by atoms with E-state index in [1.54, 1.807) is 7.11 Å². The molecule has 0 saturated carbocycles. The van der Waals surface area contributed by atoms with Crippen molar-refractivity contribution in [3.63, 3.8) is 0 Å². The van der Waals surface area contributed by atoms with Gasteiger partial charge in [0.2, 0.25) is 0 Å². The van der Waals surface area contributed by atoms with Gasteiger partial charge in [0.1, 0.15) is 0 Å². The summed E-state index contributed by atoms with van der Waals surface area (Å²) in [5, 5.41) is 0.733. The molecule has 102 valence electrons. The molecule has 0 aromatic heterocycles. The van der Waals surface area contributed by atoms with E-state index >= 15 is 0 Å². The van der Waals surface area contributed by atoms with Gasteiger partial charge in [-0.1, -0.05) is 33.6 Å². The van der Waals surface area contributed by atoms with Gasteiger partial charge in [-0.05, 0) is 31.7 Å². The summed E-state index contributed by atoms with van der Waals surface area (Å²) < 4.78 is 6.15. The van der Waals surface area contributed by atoms with Crippen molar-refractivity contribution in [3.05, 3.63) is 33.3 Å². The second kappa shape index (κ2) is 7.46. The molecule has 18 heavy (non-hydrogen) atoms. The fourth-order valence-electron chi connectivity index (χ4n) is 1.95. The second-order valence-corrected chi connectivity index (χ2v) is 5.71. The first kappa shape index (κ1) is 15.9. The van der Waals surface area contributed by atoms with E-state index in [2.05, 4.69) is 27.8 Å². The molecule has 2 unspecified atom stereocenters. The number of rotatable bonds is 6. The Balaban J connectivity index is 2.94. The van der Waals surface area contributed by atoms with Crippen LogP contribution in [0.5, 0.6) is 0 Å². The van der Waals surface area contributed by atoms with E-state index in [0.29, 0.717) is 13.2 Å². The van der Waals surface area contributed by atoms with Crippen molar-refractivity contribution in [2.45, 2.75) is 19.0 Å². The van der Waals surface area contributed by atoms with Gasteiger partial charge in [0, 0.05) is 35.2 Å². The van der Waals surface area contributed by atoms with Gasteiger partial charge in [0.15, 0.2) is 0 Å².